The fraction of sp³-hybridized carbons (Fsp3) is 0.333. The molecular weight excluding hydrogens is 306 g/mol. The summed E-state index contributed by atoms with van der Waals surface area (Å²) < 4.78 is 6.36. The van der Waals surface area contributed by atoms with Gasteiger partial charge in [0.2, 0.25) is 0 Å². The minimum atomic E-state index is -0.754. The van der Waals surface area contributed by atoms with Crippen molar-refractivity contribution >= 4 is 15.9 Å². The first kappa shape index (κ1) is 12.9. The number of rotatable bonds is 3. The van der Waals surface area contributed by atoms with Crippen LogP contribution in [-0.2, 0) is 12.1 Å². The van der Waals surface area contributed by atoms with Gasteiger partial charge in [0, 0.05) is 17.6 Å². The summed E-state index contributed by atoms with van der Waals surface area (Å²) in [6, 6.07) is 11.8. The topological polar surface area (TPSA) is 36.6 Å². The van der Waals surface area contributed by atoms with Gasteiger partial charge in [0.1, 0.15) is 11.4 Å². The molecule has 19 heavy (non-hydrogen) atoms. The number of likely N-dealkylation sites (tertiary alicyclic amines) is 1. The maximum Gasteiger partial charge on any atom is 0.117 e. The van der Waals surface area contributed by atoms with Crippen LogP contribution >= 0.6 is 15.9 Å². The van der Waals surface area contributed by atoms with Crippen molar-refractivity contribution in [2.24, 2.45) is 0 Å². The number of furan rings is 1. The van der Waals surface area contributed by atoms with Crippen molar-refractivity contribution in [1.82, 2.24) is 4.90 Å². The summed E-state index contributed by atoms with van der Waals surface area (Å²) in [6.45, 7) is 2.27. The number of aliphatic hydroxyl groups is 1. The number of benzene rings is 1. The molecule has 3 rings (SSSR count). The van der Waals surface area contributed by atoms with Crippen LogP contribution in [0.1, 0.15) is 17.7 Å². The molecule has 1 saturated heterocycles. The molecule has 2 aromatic rings. The number of halogens is 1. The third-order valence-corrected chi connectivity index (χ3v) is 4.14. The molecule has 1 N–H and O–H groups in total. The van der Waals surface area contributed by atoms with E-state index in [1.807, 2.05) is 36.4 Å². The van der Waals surface area contributed by atoms with Gasteiger partial charge in [-0.1, -0.05) is 28.1 Å². The van der Waals surface area contributed by atoms with Gasteiger partial charge >= 0.3 is 0 Å². The van der Waals surface area contributed by atoms with E-state index in [0.29, 0.717) is 6.54 Å². The second kappa shape index (κ2) is 5.12. The summed E-state index contributed by atoms with van der Waals surface area (Å²) in [7, 11) is 0. The highest BCUT2D eigenvalue weighted by molar-refractivity contribution is 9.10. The summed E-state index contributed by atoms with van der Waals surface area (Å²) in [5, 5.41) is 10.8. The van der Waals surface area contributed by atoms with Gasteiger partial charge in [0.05, 0.1) is 12.8 Å². The monoisotopic (exact) mass is 321 g/mol. The maximum atomic E-state index is 10.8. The Labute approximate surface area is 121 Å². The number of β-amino-alcohol motifs (C(OH)–C–C–N with tert-alkyl or cyclic N) is 1. The van der Waals surface area contributed by atoms with E-state index in [4.69, 9.17) is 4.42 Å². The van der Waals surface area contributed by atoms with Crippen LogP contribution in [0.4, 0.5) is 0 Å². The first-order chi connectivity index (χ1) is 9.16. The van der Waals surface area contributed by atoms with Crippen LogP contribution < -0.4 is 0 Å². The Bertz CT molecular complexity index is 555. The first-order valence-electron chi connectivity index (χ1n) is 6.39. The van der Waals surface area contributed by atoms with Gasteiger partial charge < -0.3 is 9.52 Å². The minimum absolute atomic E-state index is 0.643. The van der Waals surface area contributed by atoms with Gasteiger partial charge in [0.25, 0.3) is 0 Å². The molecule has 0 amide bonds. The Morgan fingerprint density at radius 2 is 2.21 bits per heavy atom. The maximum absolute atomic E-state index is 10.8. The molecule has 1 aromatic carbocycles. The van der Waals surface area contributed by atoms with Crippen LogP contribution in [0, 0.1) is 0 Å². The average molecular weight is 322 g/mol. The normalized spacial score (nSPS) is 23.9. The largest absolute Gasteiger partial charge is 0.468 e. The zero-order valence-corrected chi connectivity index (χ0v) is 12.1. The molecule has 0 spiro atoms. The summed E-state index contributed by atoms with van der Waals surface area (Å²) in [4.78, 5) is 2.22. The highest BCUT2D eigenvalue weighted by Gasteiger charge is 2.37. The van der Waals surface area contributed by atoms with Gasteiger partial charge in [-0.2, -0.15) is 0 Å². The lowest BCUT2D eigenvalue weighted by atomic mass is 9.93. The molecule has 3 nitrogen and oxygen atoms in total. The van der Waals surface area contributed by atoms with E-state index >= 15 is 0 Å². The molecule has 1 fully saturated rings. The molecule has 1 unspecified atom stereocenters. The molecule has 1 aromatic heterocycles. The number of hydrogen-bond donors (Lipinski definition) is 1. The Balaban J connectivity index is 1.73. The van der Waals surface area contributed by atoms with E-state index in [0.717, 1.165) is 35.3 Å². The second-order valence-corrected chi connectivity index (χ2v) is 6.00. The summed E-state index contributed by atoms with van der Waals surface area (Å²) >= 11 is 3.46. The molecule has 1 aliphatic heterocycles. The average Bonchev–Trinajstić information content (AvgIpc) is 3.01. The molecule has 1 aliphatic rings. The lowest BCUT2D eigenvalue weighted by Crippen LogP contribution is -2.30. The standard InChI is InChI=1S/C15H16BrNO2/c16-13-4-1-3-12(9-13)15(18)6-7-17(11-15)10-14-5-2-8-19-14/h1-5,8-9,18H,6-7,10-11H2. The molecule has 0 saturated carbocycles. The zero-order valence-electron chi connectivity index (χ0n) is 10.6. The molecule has 0 bridgehead atoms. The second-order valence-electron chi connectivity index (χ2n) is 5.08. The van der Waals surface area contributed by atoms with Crippen molar-refractivity contribution < 1.29 is 9.52 Å². The summed E-state index contributed by atoms with van der Waals surface area (Å²) in [5.41, 5.74) is 0.222. The molecule has 2 heterocycles. The van der Waals surface area contributed by atoms with Crippen LogP contribution in [0.15, 0.2) is 51.6 Å². The fourth-order valence-electron chi connectivity index (χ4n) is 2.64. The molecule has 100 valence electrons. The fourth-order valence-corrected chi connectivity index (χ4v) is 3.04. The highest BCUT2D eigenvalue weighted by atomic mass is 79.9. The Kier molecular flexibility index (Phi) is 3.48. The predicted molar refractivity (Wildman–Crippen MR) is 76.6 cm³/mol. The Morgan fingerprint density at radius 1 is 1.32 bits per heavy atom. The molecular formula is C15H16BrNO2. The zero-order chi connectivity index (χ0) is 13.3. The van der Waals surface area contributed by atoms with Crippen LogP contribution in [0.5, 0.6) is 0 Å². The van der Waals surface area contributed by atoms with Gasteiger partial charge in [-0.25, -0.2) is 0 Å². The van der Waals surface area contributed by atoms with E-state index < -0.39 is 5.60 Å². The lowest BCUT2D eigenvalue weighted by molar-refractivity contribution is 0.0445. The van der Waals surface area contributed by atoms with Crippen molar-refractivity contribution in [2.45, 2.75) is 18.6 Å². The molecule has 1 atom stereocenters. The van der Waals surface area contributed by atoms with E-state index in [9.17, 15) is 5.11 Å². The van der Waals surface area contributed by atoms with Crippen LogP contribution in [0.2, 0.25) is 0 Å². The van der Waals surface area contributed by atoms with E-state index in [2.05, 4.69) is 20.8 Å². The van der Waals surface area contributed by atoms with E-state index in [-0.39, 0.29) is 0 Å². The Hall–Kier alpha value is -1.10. The van der Waals surface area contributed by atoms with Gasteiger partial charge in [-0.15, -0.1) is 0 Å². The quantitative estimate of drug-likeness (QED) is 0.943. The smallest absolute Gasteiger partial charge is 0.117 e. The highest BCUT2D eigenvalue weighted by Crippen LogP contribution is 2.33. The molecule has 0 aliphatic carbocycles. The minimum Gasteiger partial charge on any atom is -0.468 e. The van der Waals surface area contributed by atoms with Crippen molar-refractivity contribution in [1.29, 1.82) is 0 Å². The lowest BCUT2D eigenvalue weighted by Gasteiger charge is -2.24. The van der Waals surface area contributed by atoms with E-state index in [1.165, 1.54) is 0 Å². The number of hydrogen-bond acceptors (Lipinski definition) is 3. The van der Waals surface area contributed by atoms with Crippen LogP contribution in [0.3, 0.4) is 0 Å². The van der Waals surface area contributed by atoms with Crippen molar-refractivity contribution in [2.75, 3.05) is 13.1 Å². The molecule has 0 radical (unpaired) electrons. The summed E-state index contributed by atoms with van der Waals surface area (Å²) in [6.07, 6.45) is 2.44. The first-order valence-corrected chi connectivity index (χ1v) is 7.18. The Morgan fingerprint density at radius 3 is 2.95 bits per heavy atom. The SMILES string of the molecule is OC1(c2cccc(Br)c2)CCN(Cc2ccco2)C1. The molecule has 4 heteroatoms. The summed E-state index contributed by atoms with van der Waals surface area (Å²) in [5.74, 6) is 0.943. The van der Waals surface area contributed by atoms with Crippen molar-refractivity contribution in [3.8, 4) is 0 Å². The van der Waals surface area contributed by atoms with Crippen LogP contribution in [0.25, 0.3) is 0 Å². The van der Waals surface area contributed by atoms with Gasteiger partial charge in [-0.3, -0.25) is 4.90 Å². The van der Waals surface area contributed by atoms with Gasteiger partial charge in [-0.05, 0) is 36.2 Å². The van der Waals surface area contributed by atoms with E-state index in [1.54, 1.807) is 6.26 Å². The predicted octanol–water partition coefficient (Wildman–Crippen LogP) is 3.14. The van der Waals surface area contributed by atoms with Crippen molar-refractivity contribution in [3.63, 3.8) is 0 Å². The number of nitrogens with zero attached hydrogens (tertiary/aromatic N) is 1. The third kappa shape index (κ3) is 2.76. The van der Waals surface area contributed by atoms with Crippen molar-refractivity contribution in [3.05, 3.63) is 58.5 Å². The van der Waals surface area contributed by atoms with Crippen LogP contribution in [-0.4, -0.2) is 23.1 Å². The van der Waals surface area contributed by atoms with Gasteiger partial charge in [0.15, 0.2) is 0 Å². The third-order valence-electron chi connectivity index (χ3n) is 3.65.